The highest BCUT2D eigenvalue weighted by atomic mass is 16.2. The van der Waals surface area contributed by atoms with Gasteiger partial charge in [-0.1, -0.05) is 19.3 Å². The van der Waals surface area contributed by atoms with Gasteiger partial charge in [-0.3, -0.25) is 15.0 Å². The molecule has 1 aliphatic rings. The van der Waals surface area contributed by atoms with Crippen molar-refractivity contribution >= 4 is 11.9 Å². The van der Waals surface area contributed by atoms with Crippen LogP contribution in [-0.2, 0) is 4.79 Å². The normalized spacial score (nSPS) is 18.1. The molecule has 1 rings (SSSR count). The molecular formula is C13H26N4O2. The quantitative estimate of drug-likeness (QED) is 0.676. The molecule has 0 aliphatic heterocycles. The van der Waals surface area contributed by atoms with Crippen molar-refractivity contribution in [1.29, 1.82) is 0 Å². The zero-order valence-corrected chi connectivity index (χ0v) is 11.9. The molecule has 0 aromatic heterocycles. The van der Waals surface area contributed by atoms with Crippen LogP contribution in [0.15, 0.2) is 0 Å². The molecule has 1 aliphatic carbocycles. The molecule has 6 heteroatoms. The van der Waals surface area contributed by atoms with E-state index in [9.17, 15) is 9.59 Å². The Hall–Kier alpha value is -1.14. The molecule has 0 saturated heterocycles. The molecule has 0 radical (unpaired) electrons. The van der Waals surface area contributed by atoms with Crippen LogP contribution in [0.3, 0.4) is 0 Å². The first-order valence-corrected chi connectivity index (χ1v) is 7.08. The van der Waals surface area contributed by atoms with Crippen molar-refractivity contribution in [3.05, 3.63) is 0 Å². The van der Waals surface area contributed by atoms with Crippen molar-refractivity contribution in [3.8, 4) is 0 Å². The van der Waals surface area contributed by atoms with E-state index in [2.05, 4.69) is 15.5 Å². The third-order valence-corrected chi connectivity index (χ3v) is 3.77. The molecule has 1 saturated carbocycles. The van der Waals surface area contributed by atoms with Crippen molar-refractivity contribution < 1.29 is 9.59 Å². The van der Waals surface area contributed by atoms with Crippen LogP contribution < -0.4 is 16.4 Å². The number of hydrogen-bond acceptors (Lipinski definition) is 4. The molecule has 1 unspecified atom stereocenters. The second-order valence-electron chi connectivity index (χ2n) is 5.06. The number of hydrogen-bond donors (Lipinski definition) is 3. The van der Waals surface area contributed by atoms with Crippen molar-refractivity contribution in [1.82, 2.24) is 15.5 Å². The number of imide groups is 1. The Balaban J connectivity index is 2.62. The Morgan fingerprint density at radius 3 is 2.47 bits per heavy atom. The first-order valence-electron chi connectivity index (χ1n) is 7.08. The van der Waals surface area contributed by atoms with E-state index in [-0.39, 0.29) is 11.9 Å². The van der Waals surface area contributed by atoms with Gasteiger partial charge in [0.25, 0.3) is 0 Å². The average Bonchev–Trinajstić information content (AvgIpc) is 2.44. The van der Waals surface area contributed by atoms with E-state index in [0.717, 1.165) is 12.8 Å². The van der Waals surface area contributed by atoms with E-state index in [4.69, 9.17) is 5.73 Å². The van der Waals surface area contributed by atoms with E-state index in [1.807, 2.05) is 6.92 Å². The predicted molar refractivity (Wildman–Crippen MR) is 74.7 cm³/mol. The maximum absolute atomic E-state index is 12.0. The van der Waals surface area contributed by atoms with E-state index in [1.54, 1.807) is 0 Å². The molecule has 3 amide bonds. The minimum absolute atomic E-state index is 0.265. The molecule has 6 nitrogen and oxygen atoms in total. The van der Waals surface area contributed by atoms with Gasteiger partial charge in [0, 0.05) is 26.2 Å². The topological polar surface area (TPSA) is 87.5 Å². The SMILES string of the molecule is CNC(=O)NC(=O)C(C)N(CCN)C1CCCCC1. The number of amides is 3. The van der Waals surface area contributed by atoms with E-state index < -0.39 is 6.03 Å². The van der Waals surface area contributed by atoms with E-state index >= 15 is 0 Å². The zero-order valence-electron chi connectivity index (χ0n) is 11.9. The first kappa shape index (κ1) is 15.9. The van der Waals surface area contributed by atoms with Gasteiger partial charge in [0.1, 0.15) is 0 Å². The van der Waals surface area contributed by atoms with Gasteiger partial charge in [0.15, 0.2) is 0 Å². The Labute approximate surface area is 115 Å². The van der Waals surface area contributed by atoms with Crippen molar-refractivity contribution in [2.45, 2.75) is 51.1 Å². The number of carbonyl (C=O) groups is 2. The maximum atomic E-state index is 12.0. The minimum atomic E-state index is -0.465. The Morgan fingerprint density at radius 1 is 1.32 bits per heavy atom. The van der Waals surface area contributed by atoms with Gasteiger partial charge in [0.05, 0.1) is 6.04 Å². The Kier molecular flexibility index (Phi) is 6.80. The van der Waals surface area contributed by atoms with Crippen LogP contribution in [0.1, 0.15) is 39.0 Å². The van der Waals surface area contributed by atoms with Crippen LogP contribution in [0.5, 0.6) is 0 Å². The van der Waals surface area contributed by atoms with Crippen LogP contribution in [0.25, 0.3) is 0 Å². The maximum Gasteiger partial charge on any atom is 0.321 e. The number of urea groups is 1. The lowest BCUT2D eigenvalue weighted by molar-refractivity contribution is -0.125. The molecule has 0 bridgehead atoms. The minimum Gasteiger partial charge on any atom is -0.341 e. The molecule has 110 valence electrons. The fraction of sp³-hybridized carbons (Fsp3) is 0.846. The second-order valence-corrected chi connectivity index (χ2v) is 5.06. The highest BCUT2D eigenvalue weighted by Gasteiger charge is 2.29. The van der Waals surface area contributed by atoms with Crippen LogP contribution in [0.2, 0.25) is 0 Å². The highest BCUT2D eigenvalue weighted by Crippen LogP contribution is 2.23. The predicted octanol–water partition coefficient (Wildman–Crippen LogP) is 0.424. The summed E-state index contributed by atoms with van der Waals surface area (Å²) in [5.41, 5.74) is 5.65. The molecule has 1 atom stereocenters. The van der Waals surface area contributed by atoms with Gasteiger partial charge in [-0.05, 0) is 19.8 Å². The van der Waals surface area contributed by atoms with Crippen LogP contribution >= 0.6 is 0 Å². The molecule has 0 spiro atoms. The number of nitrogens with one attached hydrogen (secondary N) is 2. The summed E-state index contributed by atoms with van der Waals surface area (Å²) in [6, 6.07) is -0.389. The molecule has 0 aromatic carbocycles. The van der Waals surface area contributed by atoms with Gasteiger partial charge < -0.3 is 11.1 Å². The second kappa shape index (κ2) is 8.12. The standard InChI is InChI=1S/C13H26N4O2/c1-10(12(18)16-13(19)15-2)17(9-8-14)11-6-4-3-5-7-11/h10-11H,3-9,14H2,1-2H3,(H2,15,16,18,19). The lowest BCUT2D eigenvalue weighted by atomic mass is 9.93. The van der Waals surface area contributed by atoms with Crippen molar-refractivity contribution in [2.24, 2.45) is 5.73 Å². The number of nitrogens with zero attached hydrogens (tertiary/aromatic N) is 1. The monoisotopic (exact) mass is 270 g/mol. The van der Waals surface area contributed by atoms with Crippen LogP contribution in [-0.4, -0.2) is 49.1 Å². The van der Waals surface area contributed by atoms with Gasteiger partial charge in [-0.15, -0.1) is 0 Å². The van der Waals surface area contributed by atoms with Crippen LogP contribution in [0.4, 0.5) is 4.79 Å². The molecule has 0 heterocycles. The molecular weight excluding hydrogens is 244 g/mol. The first-order chi connectivity index (χ1) is 9.10. The largest absolute Gasteiger partial charge is 0.341 e. The Bertz CT molecular complexity index is 303. The fourth-order valence-corrected chi connectivity index (χ4v) is 2.68. The van der Waals surface area contributed by atoms with Gasteiger partial charge in [-0.2, -0.15) is 0 Å². The smallest absolute Gasteiger partial charge is 0.321 e. The van der Waals surface area contributed by atoms with Gasteiger partial charge in [0.2, 0.25) is 5.91 Å². The number of rotatable bonds is 5. The summed E-state index contributed by atoms with van der Waals surface area (Å²) < 4.78 is 0. The van der Waals surface area contributed by atoms with Crippen LogP contribution in [0, 0.1) is 0 Å². The summed E-state index contributed by atoms with van der Waals surface area (Å²) in [6.45, 7) is 3.05. The van der Waals surface area contributed by atoms with Crippen molar-refractivity contribution in [3.63, 3.8) is 0 Å². The summed E-state index contributed by atoms with van der Waals surface area (Å²) in [6.07, 6.45) is 5.89. The fourth-order valence-electron chi connectivity index (χ4n) is 2.68. The lowest BCUT2D eigenvalue weighted by Gasteiger charge is -2.37. The summed E-state index contributed by atoms with van der Waals surface area (Å²) >= 11 is 0. The number of nitrogens with two attached hydrogens (primary N) is 1. The van der Waals surface area contributed by atoms with Gasteiger partial charge >= 0.3 is 6.03 Å². The number of carbonyl (C=O) groups excluding carboxylic acids is 2. The molecule has 19 heavy (non-hydrogen) atoms. The zero-order chi connectivity index (χ0) is 14.3. The molecule has 4 N–H and O–H groups in total. The lowest BCUT2D eigenvalue weighted by Crippen LogP contribution is -2.53. The summed E-state index contributed by atoms with van der Waals surface area (Å²) in [5, 5.41) is 4.72. The third-order valence-electron chi connectivity index (χ3n) is 3.77. The summed E-state index contributed by atoms with van der Waals surface area (Å²) in [7, 11) is 1.49. The Morgan fingerprint density at radius 2 is 1.95 bits per heavy atom. The molecule has 1 fully saturated rings. The van der Waals surface area contributed by atoms with E-state index in [0.29, 0.717) is 19.1 Å². The average molecular weight is 270 g/mol. The highest BCUT2D eigenvalue weighted by molar-refractivity contribution is 5.96. The van der Waals surface area contributed by atoms with E-state index in [1.165, 1.54) is 26.3 Å². The summed E-state index contributed by atoms with van der Waals surface area (Å²) in [4.78, 5) is 25.4. The van der Waals surface area contributed by atoms with Crippen molar-refractivity contribution in [2.75, 3.05) is 20.1 Å². The molecule has 0 aromatic rings. The van der Waals surface area contributed by atoms with Gasteiger partial charge in [-0.25, -0.2) is 4.79 Å². The summed E-state index contributed by atoms with van der Waals surface area (Å²) in [5.74, 6) is -0.265. The third kappa shape index (κ3) is 4.80.